The van der Waals surface area contributed by atoms with Crippen LogP contribution in [0.1, 0.15) is 13.3 Å². The maximum absolute atomic E-state index is 12.7. The fraction of sp³-hybridized carbons (Fsp3) is 0.333. The Morgan fingerprint density at radius 1 is 1.40 bits per heavy atom. The van der Waals surface area contributed by atoms with Crippen LogP contribution in [0.5, 0.6) is 0 Å². The number of hydrogen-bond donors (Lipinski definition) is 1. The van der Waals surface area contributed by atoms with Crippen molar-refractivity contribution in [3.05, 3.63) is 42.2 Å². The SMILES string of the molecule is C=C1[C@](C)(O)CC[P@@]1(=O)c1ccccc1. The van der Waals surface area contributed by atoms with Crippen LogP contribution in [0, 0.1) is 0 Å². The fourth-order valence-corrected chi connectivity index (χ4v) is 5.13. The second kappa shape index (κ2) is 3.33. The van der Waals surface area contributed by atoms with Gasteiger partial charge in [-0.05, 0) is 13.3 Å². The summed E-state index contributed by atoms with van der Waals surface area (Å²) in [5.41, 5.74) is -0.967. The highest BCUT2D eigenvalue weighted by Crippen LogP contribution is 2.62. The van der Waals surface area contributed by atoms with E-state index in [0.717, 1.165) is 5.30 Å². The van der Waals surface area contributed by atoms with E-state index in [2.05, 4.69) is 6.58 Å². The van der Waals surface area contributed by atoms with Crippen molar-refractivity contribution in [2.45, 2.75) is 18.9 Å². The molecule has 2 atom stereocenters. The molecule has 3 heteroatoms. The number of hydrogen-bond acceptors (Lipinski definition) is 2. The molecule has 1 saturated heterocycles. The van der Waals surface area contributed by atoms with Crippen molar-refractivity contribution in [2.24, 2.45) is 0 Å². The van der Waals surface area contributed by atoms with Gasteiger partial charge in [0.15, 0.2) is 0 Å². The molecule has 1 aliphatic heterocycles. The van der Waals surface area contributed by atoms with Crippen molar-refractivity contribution in [1.82, 2.24) is 0 Å². The zero-order valence-corrected chi connectivity index (χ0v) is 9.71. The molecule has 0 unspecified atom stereocenters. The molecule has 1 N–H and O–H groups in total. The topological polar surface area (TPSA) is 37.3 Å². The van der Waals surface area contributed by atoms with Crippen molar-refractivity contribution < 1.29 is 9.67 Å². The van der Waals surface area contributed by atoms with Gasteiger partial charge in [-0.1, -0.05) is 36.9 Å². The maximum Gasteiger partial charge on any atom is 0.141 e. The Hall–Kier alpha value is -0.850. The van der Waals surface area contributed by atoms with Crippen LogP contribution in [0.25, 0.3) is 0 Å². The summed E-state index contributed by atoms with van der Waals surface area (Å²) >= 11 is 0. The summed E-state index contributed by atoms with van der Waals surface area (Å²) in [5.74, 6) is 0. The van der Waals surface area contributed by atoms with Crippen molar-refractivity contribution in [3.63, 3.8) is 0 Å². The predicted octanol–water partition coefficient (Wildman–Crippen LogP) is 2.34. The lowest BCUT2D eigenvalue weighted by Crippen LogP contribution is -2.21. The van der Waals surface area contributed by atoms with Crippen LogP contribution in [0.15, 0.2) is 42.2 Å². The molecule has 1 fully saturated rings. The first-order valence-corrected chi connectivity index (χ1v) is 6.93. The fourth-order valence-electron chi connectivity index (χ4n) is 2.00. The van der Waals surface area contributed by atoms with Crippen LogP contribution in [-0.2, 0) is 4.57 Å². The lowest BCUT2D eigenvalue weighted by molar-refractivity contribution is 0.110. The van der Waals surface area contributed by atoms with E-state index in [1.165, 1.54) is 0 Å². The third kappa shape index (κ3) is 1.58. The molecule has 0 bridgehead atoms. The Labute approximate surface area is 90.0 Å². The van der Waals surface area contributed by atoms with E-state index in [-0.39, 0.29) is 0 Å². The summed E-state index contributed by atoms with van der Waals surface area (Å²) in [7, 11) is -2.58. The summed E-state index contributed by atoms with van der Waals surface area (Å²) in [6.45, 7) is 5.52. The van der Waals surface area contributed by atoms with Crippen molar-refractivity contribution in [3.8, 4) is 0 Å². The van der Waals surface area contributed by atoms with Gasteiger partial charge >= 0.3 is 0 Å². The highest BCUT2D eigenvalue weighted by molar-refractivity contribution is 7.76. The van der Waals surface area contributed by atoms with E-state index in [1.54, 1.807) is 6.92 Å². The van der Waals surface area contributed by atoms with Crippen molar-refractivity contribution in [1.29, 1.82) is 0 Å². The smallest absolute Gasteiger partial charge is 0.141 e. The quantitative estimate of drug-likeness (QED) is 0.740. The van der Waals surface area contributed by atoms with Crippen molar-refractivity contribution in [2.75, 3.05) is 6.16 Å². The third-order valence-corrected chi connectivity index (χ3v) is 6.48. The maximum atomic E-state index is 12.7. The van der Waals surface area contributed by atoms with Gasteiger partial charge in [-0.15, -0.1) is 0 Å². The van der Waals surface area contributed by atoms with Crippen molar-refractivity contribution >= 4 is 12.4 Å². The van der Waals surface area contributed by atoms with Gasteiger partial charge in [0, 0.05) is 16.8 Å². The molecule has 0 amide bonds. The van der Waals surface area contributed by atoms with Crippen LogP contribution < -0.4 is 5.30 Å². The van der Waals surface area contributed by atoms with Gasteiger partial charge in [0.2, 0.25) is 0 Å². The molecule has 0 aromatic heterocycles. The molecule has 2 rings (SSSR count). The molecule has 2 nitrogen and oxygen atoms in total. The Balaban J connectivity index is 2.47. The largest absolute Gasteiger partial charge is 0.385 e. The standard InChI is InChI=1S/C12H15O2P/c1-10-12(2,13)8-9-15(10,14)11-6-4-3-5-7-11/h3-7,13H,1,8-9H2,2H3/t12-,15+/m1/s1. The average Bonchev–Trinajstić information content (AvgIpc) is 2.45. The molecule has 0 saturated carbocycles. The van der Waals surface area contributed by atoms with Gasteiger partial charge in [-0.3, -0.25) is 0 Å². The molecule has 1 aliphatic rings. The van der Waals surface area contributed by atoms with E-state index in [9.17, 15) is 9.67 Å². The lowest BCUT2D eigenvalue weighted by Gasteiger charge is -2.20. The van der Waals surface area contributed by atoms with E-state index >= 15 is 0 Å². The molecular formula is C12H15O2P. The minimum atomic E-state index is -2.58. The second-order valence-corrected chi connectivity index (χ2v) is 7.25. The van der Waals surface area contributed by atoms with Crippen LogP contribution in [0.2, 0.25) is 0 Å². The van der Waals surface area contributed by atoms with Gasteiger partial charge in [0.1, 0.15) is 7.14 Å². The van der Waals surface area contributed by atoms with E-state index < -0.39 is 12.7 Å². The van der Waals surface area contributed by atoms with Crippen LogP contribution in [-0.4, -0.2) is 16.9 Å². The molecule has 0 radical (unpaired) electrons. The zero-order chi connectivity index (χ0) is 11.1. The normalized spacial score (nSPS) is 35.7. The molecule has 1 aromatic rings. The summed E-state index contributed by atoms with van der Waals surface area (Å²) in [6, 6.07) is 9.35. The van der Waals surface area contributed by atoms with E-state index in [4.69, 9.17) is 0 Å². The first kappa shape index (κ1) is 10.7. The predicted molar refractivity (Wildman–Crippen MR) is 62.9 cm³/mol. The highest BCUT2D eigenvalue weighted by Gasteiger charge is 2.45. The highest BCUT2D eigenvalue weighted by atomic mass is 31.2. The minimum absolute atomic E-state index is 0.501. The average molecular weight is 222 g/mol. The Morgan fingerprint density at radius 2 is 2.00 bits per heavy atom. The number of aliphatic hydroxyl groups is 1. The molecule has 1 heterocycles. The molecule has 0 spiro atoms. The van der Waals surface area contributed by atoms with Gasteiger partial charge in [-0.2, -0.15) is 0 Å². The summed E-state index contributed by atoms with van der Waals surface area (Å²) in [4.78, 5) is 0. The van der Waals surface area contributed by atoms with Crippen LogP contribution in [0.3, 0.4) is 0 Å². The lowest BCUT2D eigenvalue weighted by atomic mass is 10.1. The first-order chi connectivity index (χ1) is 6.97. The molecule has 80 valence electrons. The van der Waals surface area contributed by atoms with Crippen LogP contribution >= 0.6 is 7.14 Å². The molecular weight excluding hydrogens is 207 g/mol. The summed E-state index contributed by atoms with van der Waals surface area (Å²) in [5, 5.41) is 11.3. The second-order valence-electron chi connectivity index (χ2n) is 4.27. The Morgan fingerprint density at radius 3 is 2.47 bits per heavy atom. The van der Waals surface area contributed by atoms with E-state index in [0.29, 0.717) is 17.9 Å². The van der Waals surface area contributed by atoms with Crippen LogP contribution in [0.4, 0.5) is 0 Å². The zero-order valence-electron chi connectivity index (χ0n) is 8.81. The van der Waals surface area contributed by atoms with Gasteiger partial charge in [0.25, 0.3) is 0 Å². The Kier molecular flexibility index (Phi) is 2.37. The molecule has 1 aromatic carbocycles. The number of benzene rings is 1. The van der Waals surface area contributed by atoms with Gasteiger partial charge < -0.3 is 9.67 Å². The summed E-state index contributed by atoms with van der Waals surface area (Å²) < 4.78 is 12.7. The first-order valence-electron chi connectivity index (χ1n) is 5.04. The van der Waals surface area contributed by atoms with E-state index in [1.807, 2.05) is 30.3 Å². The molecule has 0 aliphatic carbocycles. The number of rotatable bonds is 1. The molecule has 15 heavy (non-hydrogen) atoms. The third-order valence-electron chi connectivity index (χ3n) is 3.14. The monoisotopic (exact) mass is 222 g/mol. The van der Waals surface area contributed by atoms with Gasteiger partial charge in [0.05, 0.1) is 5.60 Å². The van der Waals surface area contributed by atoms with Gasteiger partial charge in [-0.25, -0.2) is 0 Å². The summed E-state index contributed by atoms with van der Waals surface area (Å²) in [6.07, 6.45) is 1.07. The Bertz CT molecular complexity index is 434. The minimum Gasteiger partial charge on any atom is -0.385 e.